The van der Waals surface area contributed by atoms with Crippen LogP contribution in [0.25, 0.3) is 27.8 Å². The van der Waals surface area contributed by atoms with Crippen molar-refractivity contribution in [2.75, 3.05) is 38.2 Å². The molecule has 0 bridgehead atoms. The van der Waals surface area contributed by atoms with Crippen molar-refractivity contribution in [3.05, 3.63) is 66.1 Å². The Morgan fingerprint density at radius 3 is 2.49 bits per heavy atom. The lowest BCUT2D eigenvalue weighted by Gasteiger charge is -2.34. The lowest BCUT2D eigenvalue weighted by molar-refractivity contribution is -0.126. The zero-order valence-corrected chi connectivity index (χ0v) is 20.4. The van der Waals surface area contributed by atoms with E-state index in [9.17, 15) is 9.59 Å². The number of carbonyl (C=O) groups is 2. The van der Waals surface area contributed by atoms with Crippen molar-refractivity contribution < 1.29 is 14.3 Å². The summed E-state index contributed by atoms with van der Waals surface area (Å²) in [4.78, 5) is 42.0. The van der Waals surface area contributed by atoms with Crippen LogP contribution in [0.1, 0.15) is 16.1 Å². The number of aromatic amines is 1. The Balaban J connectivity index is 1.20. The maximum absolute atomic E-state index is 13.2. The molecule has 1 saturated heterocycles. The number of hydrogen-bond donors (Lipinski definition) is 1. The number of methoxy groups -OCH3 is 1. The van der Waals surface area contributed by atoms with Crippen LogP contribution in [0.4, 0.5) is 5.82 Å². The minimum absolute atomic E-state index is 0.393. The van der Waals surface area contributed by atoms with Gasteiger partial charge in [-0.15, -0.1) is 5.10 Å². The van der Waals surface area contributed by atoms with Crippen molar-refractivity contribution in [3.8, 4) is 11.4 Å². The SMILES string of the molecule is COc1ccc(-n2nnc3c(N4CCN(C(=O)C(=O)c5c(C)[nH]c6ccccc56)CC4)ncnc32)cc1. The van der Waals surface area contributed by atoms with E-state index in [2.05, 4.69) is 25.3 Å². The average Bonchev–Trinajstić information content (AvgIpc) is 3.53. The van der Waals surface area contributed by atoms with Gasteiger partial charge in [0.2, 0.25) is 0 Å². The van der Waals surface area contributed by atoms with Gasteiger partial charge in [0.15, 0.2) is 17.0 Å². The highest BCUT2D eigenvalue weighted by Gasteiger charge is 2.30. The van der Waals surface area contributed by atoms with E-state index in [0.29, 0.717) is 54.4 Å². The van der Waals surface area contributed by atoms with Gasteiger partial charge in [-0.05, 0) is 37.3 Å². The third kappa shape index (κ3) is 3.84. The van der Waals surface area contributed by atoms with E-state index in [4.69, 9.17) is 4.74 Å². The van der Waals surface area contributed by atoms with E-state index >= 15 is 0 Å². The van der Waals surface area contributed by atoms with Crippen LogP contribution < -0.4 is 9.64 Å². The van der Waals surface area contributed by atoms with Crippen molar-refractivity contribution >= 4 is 39.6 Å². The minimum atomic E-state index is -0.495. The maximum atomic E-state index is 13.2. The maximum Gasteiger partial charge on any atom is 0.295 e. The smallest absolute Gasteiger partial charge is 0.295 e. The Morgan fingerprint density at radius 2 is 1.73 bits per heavy atom. The Morgan fingerprint density at radius 1 is 0.973 bits per heavy atom. The molecule has 0 unspecified atom stereocenters. The summed E-state index contributed by atoms with van der Waals surface area (Å²) >= 11 is 0. The normalized spacial score (nSPS) is 13.9. The third-order valence-electron chi connectivity index (χ3n) is 6.72. The molecule has 37 heavy (non-hydrogen) atoms. The third-order valence-corrected chi connectivity index (χ3v) is 6.72. The first-order valence-corrected chi connectivity index (χ1v) is 11.9. The number of nitrogens with zero attached hydrogens (tertiary/aromatic N) is 7. The molecule has 11 heteroatoms. The van der Waals surface area contributed by atoms with E-state index in [1.165, 1.54) is 6.33 Å². The molecule has 4 heterocycles. The number of anilines is 1. The molecule has 1 aliphatic heterocycles. The van der Waals surface area contributed by atoms with E-state index in [0.717, 1.165) is 22.3 Å². The monoisotopic (exact) mass is 496 g/mol. The van der Waals surface area contributed by atoms with Gasteiger partial charge < -0.3 is 19.5 Å². The summed E-state index contributed by atoms with van der Waals surface area (Å²) in [5.41, 5.74) is 3.94. The summed E-state index contributed by atoms with van der Waals surface area (Å²) in [5.74, 6) is 0.408. The highest BCUT2D eigenvalue weighted by molar-refractivity contribution is 6.45. The van der Waals surface area contributed by atoms with Gasteiger partial charge in [0.25, 0.3) is 11.7 Å². The van der Waals surface area contributed by atoms with E-state index in [1.807, 2.05) is 60.4 Å². The van der Waals surface area contributed by atoms with Crippen molar-refractivity contribution in [1.82, 2.24) is 34.8 Å². The number of fused-ring (bicyclic) bond motifs is 2. The van der Waals surface area contributed by atoms with Crippen molar-refractivity contribution in [2.24, 2.45) is 0 Å². The molecule has 0 radical (unpaired) electrons. The van der Waals surface area contributed by atoms with Gasteiger partial charge >= 0.3 is 0 Å². The van der Waals surface area contributed by atoms with E-state index in [-0.39, 0.29) is 0 Å². The molecule has 2 aromatic carbocycles. The number of Topliss-reactive ketones (excluding diaryl/α,β-unsaturated/α-hetero) is 1. The molecular formula is C26H24N8O3. The average molecular weight is 497 g/mol. The molecule has 0 spiro atoms. The second kappa shape index (κ2) is 9.01. The number of aryl methyl sites for hydroxylation is 1. The van der Waals surface area contributed by atoms with Gasteiger partial charge in [-0.25, -0.2) is 9.97 Å². The molecule has 186 valence electrons. The standard InChI is InChI=1S/C26H24N8O3/c1-16-21(19-5-3-4-6-20(19)29-16)23(35)26(36)33-13-11-32(12-14-33)24-22-25(28-15-27-24)34(31-30-22)17-7-9-18(37-2)10-8-17/h3-10,15,29H,11-14H2,1-2H3. The second-order valence-electron chi connectivity index (χ2n) is 8.85. The lowest BCUT2D eigenvalue weighted by Crippen LogP contribution is -2.51. The first-order valence-electron chi connectivity index (χ1n) is 11.9. The van der Waals surface area contributed by atoms with Gasteiger partial charge in [0, 0.05) is 42.8 Å². The fourth-order valence-corrected chi connectivity index (χ4v) is 4.81. The Labute approximate surface area is 211 Å². The first kappa shape index (κ1) is 22.7. The predicted octanol–water partition coefficient (Wildman–Crippen LogP) is 2.54. The number of nitrogens with one attached hydrogen (secondary N) is 1. The molecular weight excluding hydrogens is 472 g/mol. The van der Waals surface area contributed by atoms with Gasteiger partial charge in [0.1, 0.15) is 12.1 Å². The molecule has 0 saturated carbocycles. The second-order valence-corrected chi connectivity index (χ2v) is 8.85. The first-order chi connectivity index (χ1) is 18.0. The van der Waals surface area contributed by atoms with Gasteiger partial charge in [-0.3, -0.25) is 9.59 Å². The molecule has 1 N–H and O–H groups in total. The Hall–Kier alpha value is -4.80. The molecule has 1 aliphatic rings. The zero-order valence-electron chi connectivity index (χ0n) is 20.4. The number of ether oxygens (including phenoxy) is 1. The number of piperazine rings is 1. The van der Waals surface area contributed by atoms with Crippen LogP contribution in [0.2, 0.25) is 0 Å². The largest absolute Gasteiger partial charge is 0.497 e. The number of rotatable bonds is 5. The van der Waals surface area contributed by atoms with Gasteiger partial charge in [-0.1, -0.05) is 23.4 Å². The van der Waals surface area contributed by atoms with Crippen molar-refractivity contribution in [3.63, 3.8) is 0 Å². The molecule has 3 aromatic heterocycles. The predicted molar refractivity (Wildman–Crippen MR) is 137 cm³/mol. The number of H-pyrrole nitrogens is 1. The van der Waals surface area contributed by atoms with Crippen molar-refractivity contribution in [1.29, 1.82) is 0 Å². The zero-order chi connectivity index (χ0) is 25.5. The minimum Gasteiger partial charge on any atom is -0.497 e. The number of carbonyl (C=O) groups excluding carboxylic acids is 2. The van der Waals surface area contributed by atoms with Crippen LogP contribution >= 0.6 is 0 Å². The van der Waals surface area contributed by atoms with Crippen LogP contribution in [0.5, 0.6) is 5.75 Å². The van der Waals surface area contributed by atoms with Crippen LogP contribution in [-0.2, 0) is 4.79 Å². The van der Waals surface area contributed by atoms with Gasteiger partial charge in [-0.2, -0.15) is 4.68 Å². The van der Waals surface area contributed by atoms with E-state index in [1.54, 1.807) is 16.7 Å². The fraction of sp³-hybridized carbons (Fsp3) is 0.231. The highest BCUT2D eigenvalue weighted by atomic mass is 16.5. The molecule has 6 rings (SSSR count). The summed E-state index contributed by atoms with van der Waals surface area (Å²) in [6.07, 6.45) is 1.49. The number of amides is 1. The van der Waals surface area contributed by atoms with Crippen LogP contribution in [0.3, 0.4) is 0 Å². The summed E-state index contributed by atoms with van der Waals surface area (Å²) < 4.78 is 6.88. The molecule has 5 aromatic rings. The van der Waals surface area contributed by atoms with Crippen LogP contribution in [-0.4, -0.2) is 79.8 Å². The van der Waals surface area contributed by atoms with Gasteiger partial charge in [0.05, 0.1) is 18.4 Å². The highest BCUT2D eigenvalue weighted by Crippen LogP contribution is 2.26. The topological polar surface area (TPSA) is 122 Å². The molecule has 1 fully saturated rings. The Bertz CT molecular complexity index is 1630. The number of hydrogen-bond acceptors (Lipinski definition) is 8. The molecule has 0 atom stereocenters. The summed E-state index contributed by atoms with van der Waals surface area (Å²) in [6, 6.07) is 15.0. The Kier molecular flexibility index (Phi) is 5.52. The summed E-state index contributed by atoms with van der Waals surface area (Å²) in [7, 11) is 1.62. The molecule has 1 amide bonds. The molecule has 0 aliphatic carbocycles. The molecule has 11 nitrogen and oxygen atoms in total. The quantitative estimate of drug-likeness (QED) is 0.291. The number of ketones is 1. The number of para-hydroxylation sites is 1. The summed E-state index contributed by atoms with van der Waals surface area (Å²) in [5, 5.41) is 9.40. The van der Waals surface area contributed by atoms with Crippen molar-refractivity contribution in [2.45, 2.75) is 6.92 Å². The fourth-order valence-electron chi connectivity index (χ4n) is 4.81. The van der Waals surface area contributed by atoms with E-state index < -0.39 is 11.7 Å². The number of benzene rings is 2. The summed E-state index contributed by atoms with van der Waals surface area (Å²) in [6.45, 7) is 3.62. The number of aromatic nitrogens is 6. The van der Waals surface area contributed by atoms with Crippen LogP contribution in [0.15, 0.2) is 54.9 Å². The lowest BCUT2D eigenvalue weighted by atomic mass is 10.1. The van der Waals surface area contributed by atoms with Crippen LogP contribution in [0, 0.1) is 6.92 Å².